The van der Waals surface area contributed by atoms with Crippen molar-refractivity contribution >= 4 is 0 Å². The van der Waals surface area contributed by atoms with Gasteiger partial charge in [0.2, 0.25) is 0 Å². The average Bonchev–Trinajstić information content (AvgIpc) is 2.57. The van der Waals surface area contributed by atoms with E-state index in [0.717, 1.165) is 19.4 Å². The molecule has 1 unspecified atom stereocenters. The van der Waals surface area contributed by atoms with E-state index in [4.69, 9.17) is 0 Å². The second-order valence-corrected chi connectivity index (χ2v) is 7.04. The molecule has 0 bridgehead atoms. The highest BCUT2D eigenvalue weighted by Gasteiger charge is 2.29. The average molecular weight is 251 g/mol. The van der Waals surface area contributed by atoms with Gasteiger partial charge in [-0.1, -0.05) is 13.8 Å². The van der Waals surface area contributed by atoms with Crippen LogP contribution in [-0.2, 0) is 0 Å². The molecule has 3 nitrogen and oxygen atoms in total. The minimum absolute atomic E-state index is 0.361. The number of rotatable bonds is 6. The Morgan fingerprint density at radius 3 is 2.56 bits per heavy atom. The first-order chi connectivity index (χ1) is 8.26. The Kier molecular flexibility index (Phi) is 5.19. The molecule has 1 aliphatic heterocycles. The zero-order chi connectivity index (χ0) is 13.8. The molecule has 0 aromatic rings. The number of hydrogen-bond donors (Lipinski definition) is 1. The lowest BCUT2D eigenvalue weighted by Crippen LogP contribution is -2.45. The molecule has 0 aromatic carbocycles. The van der Waals surface area contributed by atoms with Crippen molar-refractivity contribution in [1.82, 2.24) is 10.2 Å². The van der Waals surface area contributed by atoms with Crippen LogP contribution in [0, 0.1) is 16.7 Å². The molecular formula is C15H29N3. The molecule has 1 N–H and O–H groups in total. The second kappa shape index (κ2) is 6.04. The zero-order valence-electron chi connectivity index (χ0n) is 12.7. The highest BCUT2D eigenvalue weighted by atomic mass is 15.1. The predicted molar refractivity (Wildman–Crippen MR) is 76.4 cm³/mol. The molecule has 1 rings (SSSR count). The summed E-state index contributed by atoms with van der Waals surface area (Å²) in [4.78, 5) is 2.53. The summed E-state index contributed by atoms with van der Waals surface area (Å²) in [5.74, 6) is 0. The summed E-state index contributed by atoms with van der Waals surface area (Å²) in [6, 6.07) is 2.78. The normalized spacial score (nSPS) is 22.9. The van der Waals surface area contributed by atoms with Crippen LogP contribution < -0.4 is 5.32 Å². The maximum absolute atomic E-state index is 9.28. The van der Waals surface area contributed by atoms with E-state index in [-0.39, 0.29) is 5.54 Å². The van der Waals surface area contributed by atoms with Crippen molar-refractivity contribution in [2.75, 3.05) is 19.6 Å². The standard InChI is InChI=1S/C15H29N3/c1-13(2)17-15(5,11-16)7-6-9-18-10-8-14(3,4)12-18/h13,17H,6-10,12H2,1-5H3. The lowest BCUT2D eigenvalue weighted by Gasteiger charge is -2.27. The first kappa shape index (κ1) is 15.5. The van der Waals surface area contributed by atoms with Gasteiger partial charge in [-0.2, -0.15) is 5.26 Å². The lowest BCUT2D eigenvalue weighted by molar-refractivity contribution is 0.271. The SMILES string of the molecule is CC(C)NC(C)(C#N)CCCN1CCC(C)(C)C1. The van der Waals surface area contributed by atoms with E-state index in [1.807, 2.05) is 6.92 Å². The van der Waals surface area contributed by atoms with E-state index in [9.17, 15) is 5.26 Å². The third-order valence-electron chi connectivity index (χ3n) is 3.76. The fraction of sp³-hybridized carbons (Fsp3) is 0.933. The molecule has 1 atom stereocenters. The monoisotopic (exact) mass is 251 g/mol. The summed E-state index contributed by atoms with van der Waals surface area (Å²) in [5, 5.41) is 12.7. The molecule has 1 saturated heterocycles. The van der Waals surface area contributed by atoms with Gasteiger partial charge in [-0.05, 0) is 58.5 Å². The number of nitrogens with one attached hydrogen (secondary N) is 1. The van der Waals surface area contributed by atoms with Crippen LogP contribution in [0.4, 0.5) is 0 Å². The molecule has 0 aliphatic carbocycles. The summed E-state index contributed by atoms with van der Waals surface area (Å²) in [6.07, 6.45) is 3.32. The van der Waals surface area contributed by atoms with Gasteiger partial charge in [0.05, 0.1) is 6.07 Å². The van der Waals surface area contributed by atoms with Gasteiger partial charge in [0.25, 0.3) is 0 Å². The van der Waals surface area contributed by atoms with E-state index in [1.54, 1.807) is 0 Å². The first-order valence-electron chi connectivity index (χ1n) is 7.18. The Bertz CT molecular complexity index is 303. The molecule has 18 heavy (non-hydrogen) atoms. The Morgan fingerprint density at radius 2 is 2.11 bits per heavy atom. The fourth-order valence-electron chi connectivity index (χ4n) is 2.87. The molecule has 3 heteroatoms. The second-order valence-electron chi connectivity index (χ2n) is 7.04. The van der Waals surface area contributed by atoms with Crippen molar-refractivity contribution < 1.29 is 0 Å². The predicted octanol–water partition coefficient (Wildman–Crippen LogP) is 2.78. The Morgan fingerprint density at radius 1 is 1.44 bits per heavy atom. The number of likely N-dealkylation sites (tertiary alicyclic amines) is 1. The van der Waals surface area contributed by atoms with Crippen LogP contribution in [-0.4, -0.2) is 36.1 Å². The Labute approximate surface area is 113 Å². The third kappa shape index (κ3) is 4.96. The van der Waals surface area contributed by atoms with Crippen molar-refractivity contribution in [3.63, 3.8) is 0 Å². The van der Waals surface area contributed by atoms with Gasteiger partial charge in [0.1, 0.15) is 5.54 Å². The van der Waals surface area contributed by atoms with Crippen molar-refractivity contribution in [1.29, 1.82) is 5.26 Å². The Hall–Kier alpha value is -0.590. The molecule has 1 fully saturated rings. The van der Waals surface area contributed by atoms with Crippen LogP contribution in [0.2, 0.25) is 0 Å². The molecule has 0 aromatic heterocycles. The molecule has 1 aliphatic rings. The van der Waals surface area contributed by atoms with Crippen molar-refractivity contribution in [2.24, 2.45) is 5.41 Å². The van der Waals surface area contributed by atoms with Gasteiger partial charge >= 0.3 is 0 Å². The van der Waals surface area contributed by atoms with Crippen LogP contribution in [0.3, 0.4) is 0 Å². The fourth-order valence-corrected chi connectivity index (χ4v) is 2.87. The van der Waals surface area contributed by atoms with E-state index >= 15 is 0 Å². The first-order valence-corrected chi connectivity index (χ1v) is 7.18. The van der Waals surface area contributed by atoms with Gasteiger partial charge in [0, 0.05) is 12.6 Å². The third-order valence-corrected chi connectivity index (χ3v) is 3.76. The van der Waals surface area contributed by atoms with E-state index in [1.165, 1.54) is 19.5 Å². The summed E-state index contributed by atoms with van der Waals surface area (Å²) < 4.78 is 0. The summed E-state index contributed by atoms with van der Waals surface area (Å²) in [6.45, 7) is 14.4. The van der Waals surface area contributed by atoms with Gasteiger partial charge in [-0.25, -0.2) is 0 Å². The largest absolute Gasteiger partial charge is 0.303 e. The maximum atomic E-state index is 9.28. The molecule has 0 radical (unpaired) electrons. The zero-order valence-corrected chi connectivity index (χ0v) is 12.7. The van der Waals surface area contributed by atoms with Gasteiger partial charge in [-0.15, -0.1) is 0 Å². The number of nitrogens with zero attached hydrogens (tertiary/aromatic N) is 2. The van der Waals surface area contributed by atoms with E-state index in [0.29, 0.717) is 11.5 Å². The van der Waals surface area contributed by atoms with E-state index in [2.05, 4.69) is 44.0 Å². The highest BCUT2D eigenvalue weighted by Crippen LogP contribution is 2.29. The number of nitriles is 1. The maximum Gasteiger partial charge on any atom is 0.104 e. The minimum atomic E-state index is -0.372. The van der Waals surface area contributed by atoms with Crippen molar-refractivity contribution in [2.45, 2.75) is 65.5 Å². The summed E-state index contributed by atoms with van der Waals surface area (Å²) in [5.41, 5.74) is 0.109. The minimum Gasteiger partial charge on any atom is -0.303 e. The van der Waals surface area contributed by atoms with Crippen LogP contribution >= 0.6 is 0 Å². The molecule has 0 saturated carbocycles. The van der Waals surface area contributed by atoms with E-state index < -0.39 is 0 Å². The molecule has 0 spiro atoms. The van der Waals surface area contributed by atoms with Crippen LogP contribution in [0.15, 0.2) is 0 Å². The van der Waals surface area contributed by atoms with Crippen LogP contribution in [0.25, 0.3) is 0 Å². The quantitative estimate of drug-likeness (QED) is 0.789. The van der Waals surface area contributed by atoms with Crippen molar-refractivity contribution in [3.05, 3.63) is 0 Å². The van der Waals surface area contributed by atoms with Gasteiger partial charge in [-0.3, -0.25) is 5.32 Å². The molecule has 0 amide bonds. The molecular weight excluding hydrogens is 222 g/mol. The number of hydrogen-bond acceptors (Lipinski definition) is 3. The summed E-state index contributed by atoms with van der Waals surface area (Å²) in [7, 11) is 0. The lowest BCUT2D eigenvalue weighted by atomic mass is 9.93. The van der Waals surface area contributed by atoms with Gasteiger partial charge in [0.15, 0.2) is 0 Å². The van der Waals surface area contributed by atoms with Crippen molar-refractivity contribution in [3.8, 4) is 6.07 Å². The molecule has 1 heterocycles. The summed E-state index contributed by atoms with van der Waals surface area (Å²) >= 11 is 0. The topological polar surface area (TPSA) is 39.1 Å². The van der Waals surface area contributed by atoms with Crippen LogP contribution in [0.1, 0.15) is 53.9 Å². The molecule has 104 valence electrons. The smallest absolute Gasteiger partial charge is 0.104 e. The highest BCUT2D eigenvalue weighted by molar-refractivity contribution is 5.04. The Balaban J connectivity index is 2.31. The van der Waals surface area contributed by atoms with Crippen LogP contribution in [0.5, 0.6) is 0 Å². The van der Waals surface area contributed by atoms with Gasteiger partial charge < -0.3 is 4.90 Å².